The molecule has 784 valence electrons. The van der Waals surface area contributed by atoms with Crippen LogP contribution in [-0.4, -0.2) is 202 Å². The van der Waals surface area contributed by atoms with Crippen molar-refractivity contribution in [3.63, 3.8) is 0 Å². The molecule has 4 fully saturated rings. The fourth-order valence-corrected chi connectivity index (χ4v) is 19.2. The number of aromatic carboxylic acids is 1. The number of aliphatic hydroxyl groups is 1. The lowest BCUT2D eigenvalue weighted by Gasteiger charge is -2.37. The number of para-hydroxylation sites is 3. The molecule has 0 aromatic heterocycles. The number of amides is 2. The molecule has 4 saturated heterocycles. The monoisotopic (exact) mass is 2330 g/mol. The first-order valence-electron chi connectivity index (χ1n) is 43.4. The summed E-state index contributed by atoms with van der Waals surface area (Å²) in [5.41, 5.74) is 18.7. The molecule has 0 aliphatic carbocycles. The number of fused-ring (bicyclic) bond motifs is 1. The van der Waals surface area contributed by atoms with E-state index in [2.05, 4.69) is 104 Å². The van der Waals surface area contributed by atoms with Crippen LogP contribution in [0.3, 0.4) is 0 Å². The Morgan fingerprint density at radius 3 is 1.56 bits per heavy atom. The Morgan fingerprint density at radius 2 is 1.08 bits per heavy atom. The van der Waals surface area contributed by atoms with Crippen LogP contribution in [0.1, 0.15) is 99.5 Å². The Balaban J connectivity index is 0.000000311. The zero-order valence-corrected chi connectivity index (χ0v) is 87.9. The van der Waals surface area contributed by atoms with E-state index in [1.807, 2.05) is 93.6 Å². The van der Waals surface area contributed by atoms with Gasteiger partial charge < -0.3 is 67.4 Å². The van der Waals surface area contributed by atoms with Gasteiger partial charge in [-0.1, -0.05) is 87.7 Å². The minimum atomic E-state index is -4.37. The molecule has 51 heteroatoms. The van der Waals surface area contributed by atoms with Crippen molar-refractivity contribution in [1.82, 2.24) is 15.5 Å². The number of sulfone groups is 1. The first kappa shape index (κ1) is 123. The molecule has 0 radical (unpaired) electrons. The molecular weight excluding hydrogens is 2220 g/mol. The number of aliphatic hydroxyl groups excluding tert-OH is 1. The number of rotatable bonds is 20. The number of unbranched alkanes of at least 4 members (excludes halogenated alkanes) is 1. The Labute approximate surface area is 861 Å². The summed E-state index contributed by atoms with van der Waals surface area (Å²) >= 11 is 6.60. The number of anilines is 8. The summed E-state index contributed by atoms with van der Waals surface area (Å²) in [6.07, 6.45) is 6.82. The molecule has 9 aromatic carbocycles. The first-order chi connectivity index (χ1) is 67.1. The van der Waals surface area contributed by atoms with Crippen LogP contribution < -0.4 is 67.8 Å². The number of nitrogens with one attached hydrogen (secondary N) is 4. The van der Waals surface area contributed by atoms with Crippen LogP contribution in [0.5, 0.6) is 0 Å². The number of piperidine rings is 2. The van der Waals surface area contributed by atoms with Gasteiger partial charge in [-0.25, -0.2) is 116 Å². The van der Waals surface area contributed by atoms with Crippen molar-refractivity contribution < 1.29 is 115 Å². The molecule has 16 N–H and O–H groups in total. The number of sulfonamides is 3. The van der Waals surface area contributed by atoms with Crippen LogP contribution in [0.4, 0.5) is 95.1 Å². The number of primary sulfonamides is 3. The molecule has 32 nitrogen and oxygen atoms in total. The van der Waals surface area contributed by atoms with Crippen LogP contribution in [-0.2, 0) is 65.0 Å². The highest BCUT2D eigenvalue weighted by Gasteiger charge is 2.35. The summed E-state index contributed by atoms with van der Waals surface area (Å²) < 4.78 is 241. The number of nitrogens with two attached hydrogens (primary N) is 5. The standard InChI is InChI=1S/C31H34F2N6O3S.C22H24N2O2.C10H13F2N3O2S.C8H5F2NO3S.C6H6F2N2O2S.C6H5F2N.C4H9Br2N.C4H10O.C2HClO3S.BrH/c1-20-16-21(2)27(36-23-8-10-37(11-9-23)28-7-5-4-6-26(28)35-3)19-24(20)31(40)39-14-12-38(13-15-39)30-25(33)17-22(32)18-29(30)43(34,41)42;1-15-11-16(2)20(22(25)26)13-19(15)12-17-7-9-24(10-8-17)21-6-4-3-5-18(21)14-23;11-7-5-8(12)10(9(6-7)18(13,16)17)15-3-1-14-2-4-15;9-4-1-5(10)8-6(2-4)15(13,14)3-7(12)11-8;7-3-1-4(8)6(9)5(2-3)13(10,11)12;7-4-1-2-6(9)5(8)3-4;5-1-3-7-4-2-6;1-2-3-4-5;3-7(5,6)2-1-4;/h4-7,16-19,23,36H,8-15H2,1-2H3,(H2,34,41,42);3-6,11,13,17H,7-10,12H2,1-2H3,(H,25,26);5-6,14H,1-4H2,(H2,13,16,17);1-2H,3H2,(H,11,12);1-2H,9H2,(H2,10,11,12);1-3H,9H2;7H,1-4H2;5H,2-4H2,1H3;2H;1H. The van der Waals surface area contributed by atoms with E-state index in [0.29, 0.717) is 98.0 Å². The molecule has 0 atom stereocenters. The van der Waals surface area contributed by atoms with Crippen LogP contribution in [0.25, 0.3) is 4.85 Å². The van der Waals surface area contributed by atoms with E-state index < -0.39 is 156 Å². The summed E-state index contributed by atoms with van der Waals surface area (Å²) in [6.45, 7) is 26.1. The Hall–Kier alpha value is -11.0. The normalized spacial score (nSPS) is 14.4. The van der Waals surface area contributed by atoms with E-state index in [0.717, 1.165) is 164 Å². The van der Waals surface area contributed by atoms with Crippen molar-refractivity contribution in [3.8, 4) is 6.07 Å². The second-order valence-corrected chi connectivity index (χ2v) is 42.8. The zero-order valence-electron chi connectivity index (χ0n) is 78.2. The molecule has 5 heterocycles. The van der Waals surface area contributed by atoms with E-state index in [4.69, 9.17) is 33.4 Å². The number of hydrogen-bond acceptors (Lipinski definition) is 25. The fourth-order valence-electron chi connectivity index (χ4n) is 14.9. The lowest BCUT2D eigenvalue weighted by Crippen LogP contribution is -2.49. The van der Waals surface area contributed by atoms with Crippen LogP contribution in [0.2, 0.25) is 0 Å². The van der Waals surface area contributed by atoms with E-state index in [-0.39, 0.29) is 77.6 Å². The summed E-state index contributed by atoms with van der Waals surface area (Å²) in [6, 6.07) is 33.6. The largest absolute Gasteiger partial charge is 0.478 e. The second-order valence-electron chi connectivity index (χ2n) is 32.2. The van der Waals surface area contributed by atoms with Gasteiger partial charge in [0.1, 0.15) is 78.6 Å². The van der Waals surface area contributed by atoms with Crippen molar-refractivity contribution >= 4 is 183 Å². The molecule has 0 saturated carbocycles. The molecule has 5 aliphatic rings. The third-order valence-corrected chi connectivity index (χ3v) is 27.7. The van der Waals surface area contributed by atoms with Crippen molar-refractivity contribution in [3.05, 3.63) is 259 Å². The number of aryl methyl sites for hydroxylation is 4. The molecule has 144 heavy (non-hydrogen) atoms. The molecule has 0 unspecified atom stereocenters. The highest BCUT2D eigenvalue weighted by Crippen LogP contribution is 2.37. The maximum Gasteiger partial charge on any atom is 0.335 e. The number of piperazine rings is 2. The molecule has 5 aliphatic heterocycles. The Kier molecular flexibility index (Phi) is 49.5. The van der Waals surface area contributed by atoms with Gasteiger partial charge in [-0.2, -0.15) is 5.26 Å². The number of benzene rings is 9. The second kappa shape index (κ2) is 57.8. The van der Waals surface area contributed by atoms with E-state index >= 15 is 0 Å². The number of carbonyl (C=O) groups excluding carboxylic acids is 3. The summed E-state index contributed by atoms with van der Waals surface area (Å²) in [5, 5.41) is 55.9. The lowest BCUT2D eigenvalue weighted by molar-refractivity contribution is -0.114. The van der Waals surface area contributed by atoms with Gasteiger partial charge in [0.15, 0.2) is 27.3 Å². The van der Waals surface area contributed by atoms with Crippen LogP contribution >= 0.6 is 59.5 Å². The minimum absolute atomic E-state index is 0. The number of nitrogens with zero attached hydrogens (tertiary/aromatic N) is 7. The van der Waals surface area contributed by atoms with Crippen molar-refractivity contribution in [1.29, 1.82) is 5.26 Å². The smallest absolute Gasteiger partial charge is 0.335 e. The van der Waals surface area contributed by atoms with Gasteiger partial charge in [-0.05, 0) is 167 Å². The maximum absolute atomic E-state index is 14.7. The van der Waals surface area contributed by atoms with Gasteiger partial charge in [0, 0.05) is 173 Å². The molecule has 0 spiro atoms. The van der Waals surface area contributed by atoms with Crippen molar-refractivity contribution in [2.24, 2.45) is 21.3 Å². The number of alkyl halides is 2. The van der Waals surface area contributed by atoms with E-state index in [1.54, 1.807) is 9.80 Å². The average Bonchev–Trinajstić information content (AvgIpc) is 0.793. The van der Waals surface area contributed by atoms with E-state index in [1.165, 1.54) is 16.5 Å². The van der Waals surface area contributed by atoms with Crippen molar-refractivity contribution in [2.75, 3.05) is 156 Å². The molecule has 0 bridgehead atoms. The molecule has 9 aromatic rings. The molecule has 2 amide bonds. The number of hydrogen-bond donors (Lipinski definition) is 11. The quantitative estimate of drug-likeness (QED) is 0.00642. The summed E-state index contributed by atoms with van der Waals surface area (Å²) in [7, 11) is -15.9. The van der Waals surface area contributed by atoms with Crippen LogP contribution in [0.15, 0.2) is 165 Å². The first-order valence-corrected chi connectivity index (χ1v) is 54.4. The Bertz CT molecular complexity index is 6740. The highest BCUT2D eigenvalue weighted by atomic mass is 79.9. The van der Waals surface area contributed by atoms with Gasteiger partial charge in [0.2, 0.25) is 41.7 Å². The topological polar surface area (TPSA) is 502 Å². The van der Waals surface area contributed by atoms with Gasteiger partial charge in [0.05, 0.1) is 56.7 Å². The van der Waals surface area contributed by atoms with E-state index in [9.17, 15) is 116 Å². The zero-order chi connectivity index (χ0) is 107. The number of carbonyl (C=O) groups is 3. The third-order valence-electron chi connectivity index (χ3n) is 21.8. The number of carboxylic acid groups (broad SMARTS) is 1. The summed E-state index contributed by atoms with van der Waals surface area (Å²) in [4.78, 5) is 55.6. The van der Waals surface area contributed by atoms with Gasteiger partial charge >= 0.3 is 5.97 Å². The summed E-state index contributed by atoms with van der Waals surface area (Å²) in [5.74, 6) is -10.6. The van der Waals surface area contributed by atoms with Crippen molar-refractivity contribution in [2.45, 2.75) is 105 Å². The lowest BCUT2D eigenvalue weighted by atomic mass is 9.87. The highest BCUT2D eigenvalue weighted by molar-refractivity contribution is 9.09. The number of nitriles is 1. The third kappa shape index (κ3) is 38.1. The number of halogens is 14. The fraction of sp³-hybridized carbons (Fsp3) is 0.344. The molecule has 14 rings (SSSR count). The SMILES string of the molecule is Br.BrCCNCCBr.CCCCO.Cc1cc(C)c(C(=O)O)cc1CC1CCN(c2ccccc2C#N)CC1.NS(=O)(=O)c1cc(F)cc(F)c1N1CCNCC1.Nc1c(F)cc(F)cc1S(N)(=O)=O.Nc1ccc(F)cc1F.O=C1CS(=O)(=O)c2cc(F)cc(F)c2N1.O=C=CS(=O)(=O)Cl.[C-]#[N+]c1ccccc1N1CCC(Nc2cc(C(=O)N3CCN(c4c(F)cc(F)cc4S(N)(=O)=O)CC3)c(C)cc2C)CC1. The van der Waals surface area contributed by atoms with Crippen LogP contribution in [0, 0.1) is 110 Å². The van der Waals surface area contributed by atoms with Gasteiger partial charge in [-0.3, -0.25) is 9.59 Å². The van der Waals surface area contributed by atoms with Gasteiger partial charge in [0.25, 0.3) is 15.0 Å². The number of nitrogen functional groups attached to an aromatic ring is 2. The minimum Gasteiger partial charge on any atom is -0.478 e. The predicted molar refractivity (Wildman–Crippen MR) is 547 cm³/mol. The Morgan fingerprint density at radius 1 is 0.597 bits per heavy atom. The van der Waals surface area contributed by atoms with Gasteiger partial charge in [-0.15, -0.1) is 17.0 Å². The molecular formula is C93H108Br3ClF10N16O16S5. The number of carboxylic acids is 1. The average molecular weight is 2330 g/mol. The maximum atomic E-state index is 14.7. The predicted octanol–water partition coefficient (Wildman–Crippen LogP) is 14.2.